The van der Waals surface area contributed by atoms with E-state index < -0.39 is 23.5 Å². The number of nitrogens with one attached hydrogen (secondary N) is 5. The number of amides is 5. The van der Waals surface area contributed by atoms with E-state index in [4.69, 9.17) is 48.1 Å². The highest BCUT2D eigenvalue weighted by Gasteiger charge is 2.32. The van der Waals surface area contributed by atoms with Gasteiger partial charge in [0, 0.05) is 140 Å². The molecule has 15 rings (SSSR count). The largest absolute Gasteiger partial charge is 0.456 e. The fourth-order valence-corrected chi connectivity index (χ4v) is 11.5. The molecule has 0 saturated heterocycles. The summed E-state index contributed by atoms with van der Waals surface area (Å²) in [4.78, 5) is 81.6. The molecule has 5 heterocycles. The summed E-state index contributed by atoms with van der Waals surface area (Å²) in [5.41, 5.74) is 7.69. The van der Waals surface area contributed by atoms with Crippen LogP contribution in [0.1, 0.15) is 90.9 Å². The van der Waals surface area contributed by atoms with Crippen molar-refractivity contribution in [1.29, 1.82) is 0 Å². The van der Waals surface area contributed by atoms with E-state index in [1.165, 1.54) is 67.1 Å². The van der Waals surface area contributed by atoms with Gasteiger partial charge in [-0.1, -0.05) is 83.1 Å². The van der Waals surface area contributed by atoms with Gasteiger partial charge in [-0.3, -0.25) is 48.9 Å². The minimum atomic E-state index is -4.61. The molecule has 0 saturated carbocycles. The normalized spacial score (nSPS) is 10.3. The van der Waals surface area contributed by atoms with E-state index in [0.29, 0.717) is 107 Å². The van der Waals surface area contributed by atoms with Crippen LogP contribution in [0, 0.1) is 64.0 Å². The maximum absolute atomic E-state index is 13.8. The summed E-state index contributed by atoms with van der Waals surface area (Å²) in [7, 11) is 0. The van der Waals surface area contributed by atoms with Crippen molar-refractivity contribution in [2.45, 2.75) is 33.9 Å². The lowest BCUT2D eigenvalue weighted by Gasteiger charge is -2.14. The maximum Gasteiger partial charge on any atom is 0.416 e. The van der Waals surface area contributed by atoms with Crippen molar-refractivity contribution < 1.29 is 69.6 Å². The second-order valence-corrected chi connectivity index (χ2v) is 27.4. The minimum Gasteiger partial charge on any atom is -0.456 e. The van der Waals surface area contributed by atoms with Gasteiger partial charge in [-0.05, 0) is 227 Å². The molecule has 5 aromatic heterocycles. The van der Waals surface area contributed by atoms with E-state index in [9.17, 15) is 45.9 Å². The van der Waals surface area contributed by atoms with Gasteiger partial charge in [0.05, 0.1) is 36.0 Å². The summed E-state index contributed by atoms with van der Waals surface area (Å²) in [5.74, 6) is 6.96. The van der Waals surface area contributed by atoms with Crippen molar-refractivity contribution in [3.8, 4) is 82.2 Å². The summed E-state index contributed by atoms with van der Waals surface area (Å²) in [6.45, 7) is 7.37. The van der Waals surface area contributed by atoms with Gasteiger partial charge in [0.25, 0.3) is 29.5 Å². The smallest absolute Gasteiger partial charge is 0.416 e. The Kier molecular flexibility index (Phi) is 31.3. The second kappa shape index (κ2) is 43.9. The third kappa shape index (κ3) is 28.3. The molecule has 622 valence electrons. The van der Waals surface area contributed by atoms with Crippen molar-refractivity contribution in [1.82, 2.24) is 24.9 Å². The number of benzene rings is 10. The Morgan fingerprint density at radius 2 is 0.712 bits per heavy atom. The van der Waals surface area contributed by atoms with Gasteiger partial charge in [-0.2, -0.15) is 13.2 Å². The number of hydrogen-bond donors (Lipinski definition) is 5. The summed E-state index contributed by atoms with van der Waals surface area (Å²) >= 11 is 6.12. The molecule has 0 spiro atoms. The van der Waals surface area contributed by atoms with Gasteiger partial charge in [-0.25, -0.2) is 8.78 Å². The molecular formula is C99H74ClF5N10O10. The van der Waals surface area contributed by atoms with E-state index in [2.05, 4.69) is 63.3 Å². The molecule has 0 atom stereocenters. The molecule has 26 heteroatoms. The maximum atomic E-state index is 13.8. The average Bonchev–Trinajstić information content (AvgIpc) is 0.776. The quantitative estimate of drug-likeness (QED) is 0.0351. The zero-order chi connectivity index (χ0) is 88.6. The fourth-order valence-electron chi connectivity index (χ4n) is 11.3. The molecule has 0 radical (unpaired) electrons. The van der Waals surface area contributed by atoms with Crippen molar-refractivity contribution in [2.75, 3.05) is 26.6 Å². The SMILES string of the molecule is C#Cc1cccc(C(=O)Nc2cc(Cl)cc(Oc3cccnc3)c2)c1.C#Cc1cccc(C(=O)Nc2cc(Oc3cccnc3)cc(C(F)(F)F)c2)c1.Cc1cc(C(=O)Nc2cccc(Oc3cccnc3)c2)ccc1F.Cc1cccc(C(=O)Nc2cc(F)cc(Oc3cccnc3)c2)c1.Cc1cccc(C(=O)Nc2cccc(Oc3cccnc3C)c2)c1. The first-order chi connectivity index (χ1) is 60.3. The van der Waals surface area contributed by atoms with Crippen molar-refractivity contribution in [3.05, 3.63) is 418 Å². The monoisotopic (exact) mass is 1690 g/mol. The van der Waals surface area contributed by atoms with Gasteiger partial charge in [-0.15, -0.1) is 12.8 Å². The zero-order valence-electron chi connectivity index (χ0n) is 67.0. The molecule has 125 heavy (non-hydrogen) atoms. The van der Waals surface area contributed by atoms with Crippen LogP contribution < -0.4 is 50.3 Å². The highest BCUT2D eigenvalue weighted by atomic mass is 35.5. The molecule has 10 aromatic carbocycles. The number of terminal acetylenes is 2. The van der Waals surface area contributed by atoms with E-state index in [-0.39, 0.29) is 57.9 Å². The van der Waals surface area contributed by atoms with Gasteiger partial charge >= 0.3 is 6.18 Å². The second-order valence-electron chi connectivity index (χ2n) is 26.9. The molecule has 15 aromatic rings. The number of carbonyl (C=O) groups excluding carboxylic acids is 5. The van der Waals surface area contributed by atoms with Crippen molar-refractivity contribution in [2.24, 2.45) is 0 Å². The minimum absolute atomic E-state index is 0.0650. The fraction of sp³-hybridized carbons (Fsp3) is 0.0505. The van der Waals surface area contributed by atoms with E-state index >= 15 is 0 Å². The Balaban J connectivity index is 0.000000152. The average molecular weight is 1690 g/mol. The summed E-state index contributed by atoms with van der Waals surface area (Å²) in [5, 5.41) is 14.0. The molecule has 0 aliphatic rings. The Morgan fingerprint density at radius 3 is 1.14 bits per heavy atom. The Bertz CT molecular complexity index is 6390. The number of ether oxygens (including phenoxy) is 5. The number of aryl methyl sites for hydroxylation is 4. The molecule has 5 amide bonds. The van der Waals surface area contributed by atoms with Crippen molar-refractivity contribution >= 4 is 69.6 Å². The van der Waals surface area contributed by atoms with E-state index in [1.54, 1.807) is 208 Å². The molecule has 5 N–H and O–H groups in total. The van der Waals surface area contributed by atoms with E-state index in [0.717, 1.165) is 29.0 Å². The number of carbonyl (C=O) groups is 5. The molecule has 0 bridgehead atoms. The van der Waals surface area contributed by atoms with Crippen LogP contribution in [0.15, 0.2) is 335 Å². The van der Waals surface area contributed by atoms with Crippen LogP contribution in [0.5, 0.6) is 57.5 Å². The Hall–Kier alpha value is -16.6. The summed E-state index contributed by atoms with van der Waals surface area (Å²) in [6, 6.07) is 75.6. The number of halogens is 6. The van der Waals surface area contributed by atoms with Gasteiger partial charge in [0.1, 0.15) is 69.1 Å². The van der Waals surface area contributed by atoms with Crippen LogP contribution in [0.25, 0.3) is 0 Å². The highest BCUT2D eigenvalue weighted by Crippen LogP contribution is 2.37. The van der Waals surface area contributed by atoms with Gasteiger partial charge in [0.2, 0.25) is 0 Å². The number of rotatable bonds is 20. The number of hydrogen-bond acceptors (Lipinski definition) is 15. The van der Waals surface area contributed by atoms with Crippen LogP contribution >= 0.6 is 11.6 Å². The predicted octanol–water partition coefficient (Wildman–Crippen LogP) is 23.8. The van der Waals surface area contributed by atoms with Crippen molar-refractivity contribution in [3.63, 3.8) is 0 Å². The third-order valence-corrected chi connectivity index (χ3v) is 17.4. The van der Waals surface area contributed by atoms with Gasteiger partial charge in [0.15, 0.2) is 0 Å². The molecule has 20 nitrogen and oxygen atoms in total. The molecule has 0 aliphatic heterocycles. The molecule has 0 unspecified atom stereocenters. The lowest BCUT2D eigenvalue weighted by Crippen LogP contribution is -2.13. The van der Waals surface area contributed by atoms with Crippen LogP contribution in [0.3, 0.4) is 0 Å². The lowest BCUT2D eigenvalue weighted by molar-refractivity contribution is -0.137. The lowest BCUT2D eigenvalue weighted by atomic mass is 10.1. The first-order valence-corrected chi connectivity index (χ1v) is 38.2. The highest BCUT2D eigenvalue weighted by molar-refractivity contribution is 6.31. The predicted molar refractivity (Wildman–Crippen MR) is 470 cm³/mol. The zero-order valence-corrected chi connectivity index (χ0v) is 67.8. The standard InChI is InChI=1S/C21H13F3N2O2.C20H13ClN2O2.C20H18N2O2.2C19H15FN2O2/c1-2-14-5-3-6-15(9-14)20(27)26-17-10-16(21(22,23)24)11-19(12-17)28-18-7-4-8-25-13-18;1-2-14-5-3-6-15(9-14)20(24)23-17-10-16(21)11-19(12-17)25-18-7-4-8-22-13-18;1-14-6-3-7-16(12-14)20(23)22-17-8-4-9-18(13-17)24-19-10-5-11-21-15(19)2;1-13-10-14(7-8-18(13)20)19(23)22-15-4-2-5-16(11-15)24-17-6-3-9-21-12-17;1-13-4-2-5-14(8-13)19(23)22-16-9-15(20)10-18(11-16)24-17-6-3-7-21-12-17/h1,3-13H,(H,26,27);1,3-13H,(H,23,24);3-13H,1-2H3,(H,22,23);2*2-12H,1H3,(H,22,23). The topological polar surface area (TPSA) is 256 Å². The molecule has 0 fully saturated rings. The molecule has 0 aliphatic carbocycles. The van der Waals surface area contributed by atoms with Crippen LogP contribution in [-0.2, 0) is 6.18 Å². The van der Waals surface area contributed by atoms with Gasteiger partial charge < -0.3 is 50.3 Å². The van der Waals surface area contributed by atoms with Crippen LogP contribution in [-0.4, -0.2) is 54.5 Å². The number of anilines is 5. The van der Waals surface area contributed by atoms with Crippen LogP contribution in [0.2, 0.25) is 5.02 Å². The summed E-state index contributed by atoms with van der Waals surface area (Å²) in [6.07, 6.45) is 20.3. The first kappa shape index (κ1) is 89.2. The third-order valence-electron chi connectivity index (χ3n) is 17.2. The number of pyridine rings is 5. The van der Waals surface area contributed by atoms with E-state index in [1.807, 2.05) is 75.4 Å². The summed E-state index contributed by atoms with van der Waals surface area (Å²) < 4.78 is 95.0. The molecular weight excluding hydrogens is 1620 g/mol. The number of nitrogens with zero attached hydrogens (tertiary/aromatic N) is 5. The Labute approximate surface area is 721 Å². The number of aromatic nitrogens is 5. The Morgan fingerprint density at radius 1 is 0.344 bits per heavy atom. The first-order valence-electron chi connectivity index (χ1n) is 37.9. The number of alkyl halides is 3. The van der Waals surface area contributed by atoms with Crippen LogP contribution in [0.4, 0.5) is 50.4 Å².